The molecule has 1 aromatic carbocycles. The number of nitrogen functional groups attached to an aromatic ring is 1. The average molecular weight is 462 g/mol. The number of aromatic nitrogens is 4. The minimum Gasteiger partial charge on any atom is -0.368 e. The van der Waals surface area contributed by atoms with Crippen molar-refractivity contribution in [3.8, 4) is 0 Å². The van der Waals surface area contributed by atoms with Gasteiger partial charge in [0.2, 0.25) is 11.9 Å². The number of hydrogen-bond acceptors (Lipinski definition) is 8. The number of nitrogens with two attached hydrogens (primary N) is 1. The van der Waals surface area contributed by atoms with Crippen LogP contribution in [0.3, 0.4) is 0 Å². The second kappa shape index (κ2) is 9.53. The van der Waals surface area contributed by atoms with Crippen molar-refractivity contribution in [3.63, 3.8) is 0 Å². The van der Waals surface area contributed by atoms with Crippen molar-refractivity contribution >= 4 is 23.4 Å². The Morgan fingerprint density at radius 2 is 1.73 bits per heavy atom. The first kappa shape index (κ1) is 22.6. The lowest BCUT2D eigenvalue weighted by Gasteiger charge is -2.22. The van der Waals surface area contributed by atoms with Crippen LogP contribution in [0.1, 0.15) is 17.8 Å². The van der Waals surface area contributed by atoms with Gasteiger partial charge in [0.1, 0.15) is 17.5 Å². The van der Waals surface area contributed by atoms with Crippen LogP contribution in [0.5, 0.6) is 0 Å². The van der Waals surface area contributed by atoms with E-state index in [9.17, 15) is 17.6 Å². The zero-order valence-electron chi connectivity index (χ0n) is 17.6. The Kier molecular flexibility index (Phi) is 6.54. The van der Waals surface area contributed by atoms with Crippen LogP contribution in [-0.4, -0.2) is 51.0 Å². The van der Waals surface area contributed by atoms with Crippen LogP contribution < -0.4 is 16.0 Å². The Bertz CT molecular complexity index is 1070. The van der Waals surface area contributed by atoms with E-state index >= 15 is 0 Å². The number of nitrogens with zero attached hydrogens (tertiary/aromatic N) is 6. The molecule has 0 bridgehead atoms. The molecule has 1 fully saturated rings. The maximum absolute atomic E-state index is 13.1. The summed E-state index contributed by atoms with van der Waals surface area (Å²) in [5.74, 6) is 0.968. The fourth-order valence-corrected chi connectivity index (χ4v) is 3.53. The quantitative estimate of drug-likeness (QED) is 0.557. The molecule has 8 nitrogen and oxygen atoms in total. The first-order valence-corrected chi connectivity index (χ1v) is 10.3. The number of rotatable bonds is 5. The summed E-state index contributed by atoms with van der Waals surface area (Å²) in [5.41, 5.74) is 5.69. The second-order valence-electron chi connectivity index (χ2n) is 7.58. The van der Waals surface area contributed by atoms with E-state index in [-0.39, 0.29) is 17.7 Å². The van der Waals surface area contributed by atoms with Gasteiger partial charge in [0, 0.05) is 38.1 Å². The first-order chi connectivity index (χ1) is 15.8. The standard InChI is InChI=1S/C21H22F4N8/c22-15-3-5-16(6-4-15)28-20-30-17(29-19(26)31-20)13-32-8-1-9-33(11-10-32)18-7-2-14(12-27-18)21(23,24)25/h2-7,12H,1,8-11,13H2,(H3,26,28,29,30,31). The molecule has 4 rings (SSSR count). The third-order valence-electron chi connectivity index (χ3n) is 5.15. The molecule has 0 spiro atoms. The summed E-state index contributed by atoms with van der Waals surface area (Å²) in [5, 5.41) is 2.98. The molecule has 1 aliphatic rings. The van der Waals surface area contributed by atoms with Crippen molar-refractivity contribution in [3.05, 3.63) is 59.8 Å². The van der Waals surface area contributed by atoms with E-state index in [0.717, 1.165) is 25.2 Å². The van der Waals surface area contributed by atoms with E-state index in [1.165, 1.54) is 18.2 Å². The Hall–Kier alpha value is -3.54. The van der Waals surface area contributed by atoms with E-state index in [1.54, 1.807) is 12.1 Å². The molecule has 0 amide bonds. The highest BCUT2D eigenvalue weighted by Gasteiger charge is 2.31. The smallest absolute Gasteiger partial charge is 0.368 e. The van der Waals surface area contributed by atoms with Crippen LogP contribution in [0.4, 0.5) is 41.0 Å². The molecule has 33 heavy (non-hydrogen) atoms. The predicted octanol–water partition coefficient (Wildman–Crippen LogP) is 3.46. The Balaban J connectivity index is 1.39. The Morgan fingerprint density at radius 1 is 0.939 bits per heavy atom. The molecule has 2 aromatic heterocycles. The van der Waals surface area contributed by atoms with Gasteiger partial charge in [-0.2, -0.15) is 28.1 Å². The molecular weight excluding hydrogens is 440 g/mol. The van der Waals surface area contributed by atoms with E-state index in [1.807, 2.05) is 4.90 Å². The van der Waals surface area contributed by atoms with Crippen LogP contribution in [0, 0.1) is 5.82 Å². The minimum atomic E-state index is -4.40. The normalized spacial score (nSPS) is 15.3. The zero-order chi connectivity index (χ0) is 23.4. The van der Waals surface area contributed by atoms with Gasteiger partial charge in [-0.05, 0) is 42.8 Å². The van der Waals surface area contributed by atoms with Crippen LogP contribution in [0.2, 0.25) is 0 Å². The molecule has 1 aliphatic heterocycles. The molecule has 3 aromatic rings. The number of hydrogen-bond donors (Lipinski definition) is 2. The summed E-state index contributed by atoms with van der Waals surface area (Å²) in [6, 6.07) is 8.22. The van der Waals surface area contributed by atoms with Crippen LogP contribution >= 0.6 is 0 Å². The van der Waals surface area contributed by atoms with Gasteiger partial charge in [-0.15, -0.1) is 0 Å². The van der Waals surface area contributed by atoms with Crippen molar-refractivity contribution in [1.29, 1.82) is 0 Å². The molecule has 0 unspecified atom stereocenters. The molecule has 1 saturated heterocycles. The number of alkyl halides is 3. The van der Waals surface area contributed by atoms with Crippen molar-refractivity contribution in [2.45, 2.75) is 19.1 Å². The van der Waals surface area contributed by atoms with E-state index < -0.39 is 11.7 Å². The number of benzene rings is 1. The number of nitrogens with one attached hydrogen (secondary N) is 1. The average Bonchev–Trinajstić information content (AvgIpc) is 3.00. The molecule has 0 saturated carbocycles. The van der Waals surface area contributed by atoms with Crippen LogP contribution in [0.15, 0.2) is 42.6 Å². The van der Waals surface area contributed by atoms with Crippen LogP contribution in [0.25, 0.3) is 0 Å². The van der Waals surface area contributed by atoms with Gasteiger partial charge in [0.25, 0.3) is 0 Å². The number of halogens is 4. The lowest BCUT2D eigenvalue weighted by atomic mass is 10.2. The van der Waals surface area contributed by atoms with Gasteiger partial charge in [0.05, 0.1) is 12.1 Å². The highest BCUT2D eigenvalue weighted by atomic mass is 19.4. The molecule has 3 heterocycles. The van der Waals surface area contributed by atoms with E-state index in [2.05, 4.69) is 30.2 Å². The first-order valence-electron chi connectivity index (χ1n) is 10.3. The molecular formula is C21H22F4N8. The van der Waals surface area contributed by atoms with Crippen molar-refractivity contribution in [2.24, 2.45) is 0 Å². The van der Waals surface area contributed by atoms with Crippen molar-refractivity contribution in [1.82, 2.24) is 24.8 Å². The maximum atomic E-state index is 13.1. The predicted molar refractivity (Wildman–Crippen MR) is 115 cm³/mol. The highest BCUT2D eigenvalue weighted by Crippen LogP contribution is 2.29. The third kappa shape index (κ3) is 6.04. The van der Waals surface area contributed by atoms with Crippen molar-refractivity contribution in [2.75, 3.05) is 42.1 Å². The molecule has 0 radical (unpaired) electrons. The summed E-state index contributed by atoms with van der Waals surface area (Å²) >= 11 is 0. The Morgan fingerprint density at radius 3 is 2.42 bits per heavy atom. The number of anilines is 4. The summed E-state index contributed by atoms with van der Waals surface area (Å²) in [4.78, 5) is 20.8. The van der Waals surface area contributed by atoms with Crippen LogP contribution in [-0.2, 0) is 12.7 Å². The van der Waals surface area contributed by atoms with Crippen molar-refractivity contribution < 1.29 is 17.6 Å². The summed E-state index contributed by atoms with van der Waals surface area (Å²) in [6.45, 7) is 3.10. The fourth-order valence-electron chi connectivity index (χ4n) is 3.53. The molecule has 0 atom stereocenters. The summed E-state index contributed by atoms with van der Waals surface area (Å²) in [6.07, 6.45) is -2.75. The summed E-state index contributed by atoms with van der Waals surface area (Å²) < 4.78 is 51.4. The fraction of sp³-hybridized carbons (Fsp3) is 0.333. The van der Waals surface area contributed by atoms with Gasteiger partial charge >= 0.3 is 6.18 Å². The molecule has 3 N–H and O–H groups in total. The van der Waals surface area contributed by atoms with Gasteiger partial charge in [-0.3, -0.25) is 4.90 Å². The number of pyridine rings is 1. The Labute approximate surface area is 187 Å². The maximum Gasteiger partial charge on any atom is 0.417 e. The minimum absolute atomic E-state index is 0.0648. The topological polar surface area (TPSA) is 96.1 Å². The van der Waals surface area contributed by atoms with Gasteiger partial charge in [-0.1, -0.05) is 0 Å². The van der Waals surface area contributed by atoms with Gasteiger partial charge < -0.3 is 16.0 Å². The molecule has 12 heteroatoms. The summed E-state index contributed by atoms with van der Waals surface area (Å²) in [7, 11) is 0. The SMILES string of the molecule is Nc1nc(CN2CCCN(c3ccc(C(F)(F)F)cn3)CC2)nc(Nc2ccc(F)cc2)n1. The largest absolute Gasteiger partial charge is 0.417 e. The van der Waals surface area contributed by atoms with E-state index in [4.69, 9.17) is 5.73 Å². The zero-order valence-corrected chi connectivity index (χ0v) is 17.6. The van der Waals surface area contributed by atoms with E-state index in [0.29, 0.717) is 43.5 Å². The lowest BCUT2D eigenvalue weighted by Crippen LogP contribution is -2.31. The van der Waals surface area contributed by atoms with Gasteiger partial charge in [0.15, 0.2) is 0 Å². The molecule has 0 aliphatic carbocycles. The monoisotopic (exact) mass is 462 g/mol. The lowest BCUT2D eigenvalue weighted by molar-refractivity contribution is -0.137. The highest BCUT2D eigenvalue weighted by molar-refractivity contribution is 5.53. The molecule has 174 valence electrons. The third-order valence-corrected chi connectivity index (χ3v) is 5.15. The second-order valence-corrected chi connectivity index (χ2v) is 7.58. The van der Waals surface area contributed by atoms with Gasteiger partial charge in [-0.25, -0.2) is 9.37 Å².